The molecule has 0 spiro atoms. The molecule has 2 saturated heterocycles. The van der Waals surface area contributed by atoms with Gasteiger partial charge in [0.2, 0.25) is 11.8 Å². The number of carbonyl (C=O) groups is 2. The zero-order valence-electron chi connectivity index (χ0n) is 14.4. The second-order valence-corrected chi connectivity index (χ2v) is 6.97. The van der Waals surface area contributed by atoms with E-state index in [9.17, 15) is 9.59 Å². The Morgan fingerprint density at radius 1 is 1.00 bits per heavy atom. The molecule has 25 heavy (non-hydrogen) atoms. The van der Waals surface area contributed by atoms with Crippen LogP contribution in [0.1, 0.15) is 32.1 Å². The molecule has 0 aliphatic carbocycles. The van der Waals surface area contributed by atoms with Gasteiger partial charge in [0, 0.05) is 37.8 Å². The van der Waals surface area contributed by atoms with Crippen molar-refractivity contribution in [3.8, 4) is 11.5 Å². The second kappa shape index (κ2) is 6.94. The van der Waals surface area contributed by atoms with Gasteiger partial charge < -0.3 is 19.3 Å². The molecule has 0 bridgehead atoms. The summed E-state index contributed by atoms with van der Waals surface area (Å²) in [5.41, 5.74) is 0.778. The number of hydrogen-bond donors (Lipinski definition) is 0. The SMILES string of the molecule is O=C([C@H]1CC(=O)N(c2ccc3c(c2)OCCO3)C1)N1CCCCCC1. The number of carbonyl (C=O) groups excluding carboxylic acids is 2. The Hall–Kier alpha value is -2.24. The summed E-state index contributed by atoms with van der Waals surface area (Å²) in [5, 5.41) is 0. The summed E-state index contributed by atoms with van der Waals surface area (Å²) in [6.45, 7) is 3.16. The van der Waals surface area contributed by atoms with Crippen LogP contribution >= 0.6 is 0 Å². The van der Waals surface area contributed by atoms with Crippen molar-refractivity contribution in [2.75, 3.05) is 37.7 Å². The van der Waals surface area contributed by atoms with E-state index in [-0.39, 0.29) is 17.7 Å². The molecular weight excluding hydrogens is 320 g/mol. The molecule has 3 aliphatic heterocycles. The molecule has 3 aliphatic rings. The molecule has 0 N–H and O–H groups in total. The van der Waals surface area contributed by atoms with Crippen LogP contribution in [0, 0.1) is 5.92 Å². The first-order valence-electron chi connectivity index (χ1n) is 9.21. The van der Waals surface area contributed by atoms with E-state index in [1.165, 1.54) is 12.8 Å². The number of fused-ring (bicyclic) bond motifs is 1. The molecule has 6 nitrogen and oxygen atoms in total. The van der Waals surface area contributed by atoms with Crippen molar-refractivity contribution in [3.63, 3.8) is 0 Å². The number of likely N-dealkylation sites (tertiary alicyclic amines) is 1. The van der Waals surface area contributed by atoms with Crippen LogP contribution in [0.5, 0.6) is 11.5 Å². The number of benzene rings is 1. The summed E-state index contributed by atoms with van der Waals surface area (Å²) in [5.74, 6) is 1.27. The first-order chi connectivity index (χ1) is 12.2. The van der Waals surface area contributed by atoms with E-state index in [1.54, 1.807) is 4.90 Å². The Morgan fingerprint density at radius 2 is 1.72 bits per heavy atom. The molecular formula is C19H24N2O4. The molecule has 1 aromatic rings. The van der Waals surface area contributed by atoms with E-state index >= 15 is 0 Å². The number of anilines is 1. The van der Waals surface area contributed by atoms with E-state index in [2.05, 4.69) is 0 Å². The molecule has 2 amide bonds. The Labute approximate surface area is 147 Å². The molecule has 0 unspecified atom stereocenters. The van der Waals surface area contributed by atoms with Crippen molar-refractivity contribution in [2.24, 2.45) is 5.92 Å². The smallest absolute Gasteiger partial charge is 0.228 e. The van der Waals surface area contributed by atoms with Crippen LogP contribution in [-0.4, -0.2) is 49.6 Å². The first kappa shape index (κ1) is 16.2. The lowest BCUT2D eigenvalue weighted by Crippen LogP contribution is -2.38. The maximum absolute atomic E-state index is 12.8. The van der Waals surface area contributed by atoms with Crippen molar-refractivity contribution in [3.05, 3.63) is 18.2 Å². The van der Waals surface area contributed by atoms with E-state index in [0.717, 1.165) is 31.6 Å². The fourth-order valence-corrected chi connectivity index (χ4v) is 3.87. The van der Waals surface area contributed by atoms with Crippen molar-refractivity contribution >= 4 is 17.5 Å². The predicted octanol–water partition coefficient (Wildman–Crippen LogP) is 2.21. The van der Waals surface area contributed by atoms with Crippen LogP contribution in [0.25, 0.3) is 0 Å². The number of hydrogen-bond acceptors (Lipinski definition) is 4. The Bertz CT molecular complexity index is 667. The van der Waals surface area contributed by atoms with Crippen LogP contribution in [0.3, 0.4) is 0 Å². The predicted molar refractivity (Wildman–Crippen MR) is 92.9 cm³/mol. The van der Waals surface area contributed by atoms with Crippen LogP contribution < -0.4 is 14.4 Å². The van der Waals surface area contributed by atoms with Gasteiger partial charge in [-0.25, -0.2) is 0 Å². The molecule has 1 atom stereocenters. The molecule has 134 valence electrons. The fourth-order valence-electron chi connectivity index (χ4n) is 3.87. The third kappa shape index (κ3) is 3.30. The van der Waals surface area contributed by atoms with Crippen LogP contribution in [0.2, 0.25) is 0 Å². The van der Waals surface area contributed by atoms with E-state index in [4.69, 9.17) is 9.47 Å². The van der Waals surface area contributed by atoms with Gasteiger partial charge in [0.15, 0.2) is 11.5 Å². The lowest BCUT2D eigenvalue weighted by molar-refractivity contribution is -0.135. The van der Waals surface area contributed by atoms with Gasteiger partial charge in [-0.2, -0.15) is 0 Å². The quantitative estimate of drug-likeness (QED) is 0.825. The van der Waals surface area contributed by atoms with Gasteiger partial charge in [-0.3, -0.25) is 9.59 Å². The highest BCUT2D eigenvalue weighted by molar-refractivity contribution is 6.00. The van der Waals surface area contributed by atoms with Crippen molar-refractivity contribution in [2.45, 2.75) is 32.1 Å². The highest BCUT2D eigenvalue weighted by atomic mass is 16.6. The van der Waals surface area contributed by atoms with E-state index in [0.29, 0.717) is 37.7 Å². The van der Waals surface area contributed by atoms with Gasteiger partial charge >= 0.3 is 0 Å². The van der Waals surface area contributed by atoms with E-state index in [1.807, 2.05) is 23.1 Å². The Balaban J connectivity index is 1.47. The summed E-state index contributed by atoms with van der Waals surface area (Å²) >= 11 is 0. The zero-order chi connectivity index (χ0) is 17.2. The summed E-state index contributed by atoms with van der Waals surface area (Å²) in [4.78, 5) is 29.0. The Morgan fingerprint density at radius 3 is 2.48 bits per heavy atom. The highest BCUT2D eigenvalue weighted by Crippen LogP contribution is 2.36. The van der Waals surface area contributed by atoms with Crippen molar-refractivity contribution < 1.29 is 19.1 Å². The summed E-state index contributed by atoms with van der Waals surface area (Å²) in [7, 11) is 0. The minimum absolute atomic E-state index is 0.00449. The molecule has 1 aromatic carbocycles. The molecule has 0 saturated carbocycles. The monoisotopic (exact) mass is 344 g/mol. The fraction of sp³-hybridized carbons (Fsp3) is 0.579. The lowest BCUT2D eigenvalue weighted by Gasteiger charge is -2.24. The molecule has 2 fully saturated rings. The van der Waals surface area contributed by atoms with Gasteiger partial charge in [0.25, 0.3) is 0 Å². The maximum Gasteiger partial charge on any atom is 0.228 e. The van der Waals surface area contributed by atoms with Crippen LogP contribution in [-0.2, 0) is 9.59 Å². The largest absolute Gasteiger partial charge is 0.486 e. The topological polar surface area (TPSA) is 59.1 Å². The van der Waals surface area contributed by atoms with Crippen molar-refractivity contribution in [1.29, 1.82) is 0 Å². The third-order valence-electron chi connectivity index (χ3n) is 5.23. The van der Waals surface area contributed by atoms with E-state index < -0.39 is 0 Å². The van der Waals surface area contributed by atoms with Gasteiger partial charge in [-0.1, -0.05) is 12.8 Å². The van der Waals surface area contributed by atoms with Gasteiger partial charge in [0.05, 0.1) is 5.92 Å². The number of rotatable bonds is 2. The number of ether oxygens (including phenoxy) is 2. The second-order valence-electron chi connectivity index (χ2n) is 6.97. The third-order valence-corrected chi connectivity index (χ3v) is 5.23. The lowest BCUT2D eigenvalue weighted by atomic mass is 10.1. The van der Waals surface area contributed by atoms with Crippen LogP contribution in [0.15, 0.2) is 18.2 Å². The van der Waals surface area contributed by atoms with Crippen LogP contribution in [0.4, 0.5) is 5.69 Å². The molecule has 3 heterocycles. The zero-order valence-corrected chi connectivity index (χ0v) is 14.4. The van der Waals surface area contributed by atoms with Crippen molar-refractivity contribution in [1.82, 2.24) is 4.90 Å². The number of nitrogens with zero attached hydrogens (tertiary/aromatic N) is 2. The normalized spacial score (nSPS) is 23.5. The minimum atomic E-state index is -0.237. The minimum Gasteiger partial charge on any atom is -0.486 e. The first-order valence-corrected chi connectivity index (χ1v) is 9.21. The molecule has 4 rings (SSSR count). The molecule has 6 heteroatoms. The molecule has 0 aromatic heterocycles. The van der Waals surface area contributed by atoms with Gasteiger partial charge in [0.1, 0.15) is 13.2 Å². The summed E-state index contributed by atoms with van der Waals surface area (Å²) < 4.78 is 11.1. The summed E-state index contributed by atoms with van der Waals surface area (Å²) in [6, 6.07) is 5.54. The van der Waals surface area contributed by atoms with Gasteiger partial charge in [-0.05, 0) is 25.0 Å². The highest BCUT2D eigenvalue weighted by Gasteiger charge is 2.37. The Kier molecular flexibility index (Phi) is 4.51. The number of amides is 2. The average Bonchev–Trinajstić information content (AvgIpc) is 2.85. The maximum atomic E-state index is 12.8. The average molecular weight is 344 g/mol. The van der Waals surface area contributed by atoms with Gasteiger partial charge in [-0.15, -0.1) is 0 Å². The molecule has 0 radical (unpaired) electrons. The standard InChI is InChI=1S/C19H24N2O4/c22-18-11-14(19(23)20-7-3-1-2-4-8-20)13-21(18)15-5-6-16-17(12-15)25-10-9-24-16/h5-6,12,14H,1-4,7-11,13H2/t14-/m0/s1. The summed E-state index contributed by atoms with van der Waals surface area (Å²) in [6.07, 6.45) is 4.81.